The highest BCUT2D eigenvalue weighted by Gasteiger charge is 2.22. The summed E-state index contributed by atoms with van der Waals surface area (Å²) in [4.78, 5) is 4.97. The molecule has 0 amide bonds. The number of hydrogen-bond acceptors (Lipinski definition) is 2. The van der Waals surface area contributed by atoms with E-state index in [9.17, 15) is 0 Å². The van der Waals surface area contributed by atoms with Crippen molar-refractivity contribution in [3.05, 3.63) is 12.4 Å². The molecule has 0 saturated heterocycles. The highest BCUT2D eigenvalue weighted by Crippen LogP contribution is 2.21. The molecule has 1 aliphatic rings. The monoisotopic (exact) mass is 350 g/mol. The lowest BCUT2D eigenvalue weighted by Crippen LogP contribution is -2.36. The zero-order valence-electron chi connectivity index (χ0n) is 17.6. The minimum Gasteiger partial charge on any atom is -0.359 e. The van der Waals surface area contributed by atoms with Crippen LogP contribution < -0.4 is 0 Å². The van der Waals surface area contributed by atoms with Gasteiger partial charge in [0.1, 0.15) is 6.17 Å². The smallest absolute Gasteiger partial charge is 0.100 e. The van der Waals surface area contributed by atoms with Crippen LogP contribution in [0.1, 0.15) is 117 Å². The van der Waals surface area contributed by atoms with Crippen molar-refractivity contribution in [3.63, 3.8) is 0 Å². The summed E-state index contributed by atoms with van der Waals surface area (Å²) >= 11 is 0. The van der Waals surface area contributed by atoms with Crippen molar-refractivity contribution < 1.29 is 0 Å². The first-order valence-electron chi connectivity index (χ1n) is 11.5. The Bertz CT molecular complexity index is 313. The van der Waals surface area contributed by atoms with E-state index in [1.807, 2.05) is 0 Å². The molecule has 2 nitrogen and oxygen atoms in total. The lowest BCUT2D eigenvalue weighted by molar-refractivity contribution is 0.159. The van der Waals surface area contributed by atoms with E-state index in [-0.39, 0.29) is 0 Å². The highest BCUT2D eigenvalue weighted by molar-refractivity contribution is 4.95. The third kappa shape index (κ3) is 10.8. The van der Waals surface area contributed by atoms with Gasteiger partial charge in [-0.25, -0.2) is 0 Å². The first kappa shape index (κ1) is 22.4. The summed E-state index contributed by atoms with van der Waals surface area (Å²) in [6.07, 6.45) is 27.8. The fraction of sp³-hybridized carbons (Fsp3) is 0.913. The summed E-state index contributed by atoms with van der Waals surface area (Å²) in [7, 11) is 2.24. The van der Waals surface area contributed by atoms with Crippen LogP contribution >= 0.6 is 0 Å². The van der Waals surface area contributed by atoms with Crippen LogP contribution in [-0.2, 0) is 0 Å². The first-order valence-corrected chi connectivity index (χ1v) is 11.5. The Kier molecular flexibility index (Phi) is 14.0. The van der Waals surface area contributed by atoms with Crippen LogP contribution in [0.4, 0.5) is 0 Å². The molecule has 1 aliphatic heterocycles. The van der Waals surface area contributed by atoms with Crippen LogP contribution in [0.2, 0.25) is 0 Å². The molecule has 1 rings (SSSR count). The van der Waals surface area contributed by atoms with E-state index < -0.39 is 0 Å². The molecule has 2 heteroatoms. The number of nitrogens with zero attached hydrogens (tertiary/aromatic N) is 2. The fourth-order valence-corrected chi connectivity index (χ4v) is 3.93. The van der Waals surface area contributed by atoms with E-state index in [1.165, 1.54) is 109 Å². The number of hydrogen-bond donors (Lipinski definition) is 0. The van der Waals surface area contributed by atoms with Crippen LogP contribution in [0.5, 0.6) is 0 Å². The van der Waals surface area contributed by atoms with Gasteiger partial charge in [0, 0.05) is 26.0 Å². The van der Waals surface area contributed by atoms with Crippen molar-refractivity contribution in [2.24, 2.45) is 0 Å². The Labute approximate surface area is 159 Å². The summed E-state index contributed by atoms with van der Waals surface area (Å²) in [6.45, 7) is 5.82. The van der Waals surface area contributed by atoms with E-state index in [1.54, 1.807) is 0 Å². The average molecular weight is 351 g/mol. The molecule has 148 valence electrons. The van der Waals surface area contributed by atoms with Gasteiger partial charge in [0.15, 0.2) is 0 Å². The van der Waals surface area contributed by atoms with E-state index >= 15 is 0 Å². The summed E-state index contributed by atoms with van der Waals surface area (Å²) in [5, 5.41) is 0. The molecule has 0 aromatic heterocycles. The molecule has 0 bridgehead atoms. The second-order valence-corrected chi connectivity index (χ2v) is 8.07. The average Bonchev–Trinajstić information content (AvgIpc) is 2.96. The van der Waals surface area contributed by atoms with Crippen LogP contribution in [0.25, 0.3) is 0 Å². The molecule has 0 saturated carbocycles. The number of unbranched alkanes of at least 4 members (excludes halogenated alkanes) is 13. The lowest BCUT2D eigenvalue weighted by atomic mass is 10.0. The van der Waals surface area contributed by atoms with Gasteiger partial charge < -0.3 is 9.80 Å². The van der Waals surface area contributed by atoms with E-state index in [4.69, 9.17) is 0 Å². The largest absolute Gasteiger partial charge is 0.359 e. The first-order chi connectivity index (χ1) is 12.3. The third-order valence-electron chi connectivity index (χ3n) is 5.68. The molecule has 0 aromatic rings. The quantitative estimate of drug-likeness (QED) is 0.254. The van der Waals surface area contributed by atoms with Crippen LogP contribution in [0, 0.1) is 0 Å². The van der Waals surface area contributed by atoms with Crippen LogP contribution in [-0.4, -0.2) is 29.6 Å². The predicted molar refractivity (Wildman–Crippen MR) is 113 cm³/mol. The maximum atomic E-state index is 2.56. The van der Waals surface area contributed by atoms with Crippen LogP contribution in [0.15, 0.2) is 12.4 Å². The molecule has 1 unspecified atom stereocenters. The molecular weight excluding hydrogens is 304 g/mol. The molecule has 1 atom stereocenters. The van der Waals surface area contributed by atoms with Crippen molar-refractivity contribution in [1.82, 2.24) is 9.80 Å². The molecule has 0 aromatic carbocycles. The molecule has 0 spiro atoms. The summed E-state index contributed by atoms with van der Waals surface area (Å²) in [6, 6.07) is 0. The summed E-state index contributed by atoms with van der Waals surface area (Å²) < 4.78 is 0. The zero-order chi connectivity index (χ0) is 18.2. The maximum Gasteiger partial charge on any atom is 0.100 e. The van der Waals surface area contributed by atoms with Gasteiger partial charge in [-0.3, -0.25) is 0 Å². The SMILES string of the molecule is CCCCCCCCCCCCCCC1N(C)C=CN1CCCCC. The van der Waals surface area contributed by atoms with Crippen LogP contribution in [0.3, 0.4) is 0 Å². The molecular formula is C23H46N2. The van der Waals surface area contributed by atoms with Gasteiger partial charge in [-0.15, -0.1) is 0 Å². The van der Waals surface area contributed by atoms with Gasteiger partial charge in [0.2, 0.25) is 0 Å². The Hall–Kier alpha value is -0.660. The highest BCUT2D eigenvalue weighted by atomic mass is 15.4. The normalized spacial score (nSPS) is 17.0. The van der Waals surface area contributed by atoms with Gasteiger partial charge >= 0.3 is 0 Å². The minimum atomic E-state index is 0.625. The second-order valence-electron chi connectivity index (χ2n) is 8.07. The second kappa shape index (κ2) is 15.6. The summed E-state index contributed by atoms with van der Waals surface area (Å²) in [5.41, 5.74) is 0. The van der Waals surface area contributed by atoms with Crippen molar-refractivity contribution in [2.75, 3.05) is 13.6 Å². The van der Waals surface area contributed by atoms with E-state index in [0.29, 0.717) is 6.17 Å². The van der Waals surface area contributed by atoms with Gasteiger partial charge in [0.05, 0.1) is 0 Å². The van der Waals surface area contributed by atoms with Gasteiger partial charge in [0.25, 0.3) is 0 Å². The standard InChI is InChI=1S/C23H46N2/c1-4-6-8-9-10-11-12-13-14-15-16-17-19-23-24(3)21-22-25(23)20-18-7-5-2/h21-23H,4-20H2,1-3H3. The molecule has 0 aliphatic carbocycles. The minimum absolute atomic E-state index is 0.625. The van der Waals surface area contributed by atoms with Crippen molar-refractivity contribution >= 4 is 0 Å². The third-order valence-corrected chi connectivity index (χ3v) is 5.68. The van der Waals surface area contributed by atoms with E-state index in [0.717, 1.165) is 0 Å². The zero-order valence-corrected chi connectivity index (χ0v) is 17.6. The Balaban J connectivity index is 1.93. The Morgan fingerprint density at radius 2 is 1.08 bits per heavy atom. The van der Waals surface area contributed by atoms with E-state index in [2.05, 4.69) is 43.1 Å². The lowest BCUT2D eigenvalue weighted by Gasteiger charge is -2.30. The van der Waals surface area contributed by atoms with Gasteiger partial charge in [-0.1, -0.05) is 97.3 Å². The topological polar surface area (TPSA) is 6.48 Å². The molecule has 0 radical (unpaired) electrons. The number of rotatable bonds is 17. The van der Waals surface area contributed by atoms with Gasteiger partial charge in [-0.2, -0.15) is 0 Å². The molecule has 1 heterocycles. The van der Waals surface area contributed by atoms with Crippen molar-refractivity contribution in [3.8, 4) is 0 Å². The Morgan fingerprint density at radius 3 is 1.64 bits per heavy atom. The van der Waals surface area contributed by atoms with Crippen molar-refractivity contribution in [2.45, 2.75) is 123 Å². The Morgan fingerprint density at radius 1 is 0.600 bits per heavy atom. The predicted octanol–water partition coefficient (Wildman–Crippen LogP) is 7.31. The molecule has 0 N–H and O–H groups in total. The summed E-state index contributed by atoms with van der Waals surface area (Å²) in [5.74, 6) is 0. The maximum absolute atomic E-state index is 2.56. The molecule has 25 heavy (non-hydrogen) atoms. The molecule has 0 fully saturated rings. The van der Waals surface area contributed by atoms with Crippen molar-refractivity contribution in [1.29, 1.82) is 0 Å². The fourth-order valence-electron chi connectivity index (χ4n) is 3.93. The van der Waals surface area contributed by atoms with Gasteiger partial charge in [-0.05, 0) is 19.3 Å².